The van der Waals surface area contributed by atoms with Crippen molar-refractivity contribution in [2.75, 3.05) is 5.32 Å². The first-order valence-electron chi connectivity index (χ1n) is 6.21. The van der Waals surface area contributed by atoms with Crippen LogP contribution in [0.4, 0.5) is 5.69 Å². The molecular formula is C13H16ClNO3S. The zero-order valence-corrected chi connectivity index (χ0v) is 12.2. The van der Waals surface area contributed by atoms with Crippen LogP contribution < -0.4 is 5.32 Å². The molecule has 0 bridgehead atoms. The molecule has 0 radical (unpaired) electrons. The van der Waals surface area contributed by atoms with Crippen LogP contribution in [0.5, 0.6) is 0 Å². The second-order valence-corrected chi connectivity index (χ2v) is 7.50. The van der Waals surface area contributed by atoms with Crippen molar-refractivity contribution in [2.24, 2.45) is 5.92 Å². The van der Waals surface area contributed by atoms with E-state index in [9.17, 15) is 13.2 Å². The van der Waals surface area contributed by atoms with Crippen LogP contribution in [0.2, 0.25) is 0 Å². The van der Waals surface area contributed by atoms with Gasteiger partial charge in [-0.3, -0.25) is 4.79 Å². The third kappa shape index (κ3) is 3.70. The van der Waals surface area contributed by atoms with Crippen LogP contribution in [0.3, 0.4) is 0 Å². The number of hydrogen-bond donors (Lipinski definition) is 1. The minimum absolute atomic E-state index is 0.0226. The minimum Gasteiger partial charge on any atom is -0.326 e. The summed E-state index contributed by atoms with van der Waals surface area (Å²) in [6.45, 7) is 1.65. The predicted octanol–water partition coefficient (Wildman–Crippen LogP) is 3.05. The summed E-state index contributed by atoms with van der Waals surface area (Å²) in [6.07, 6.45) is 3.99. The zero-order valence-electron chi connectivity index (χ0n) is 10.6. The molecule has 1 amide bonds. The summed E-state index contributed by atoms with van der Waals surface area (Å²) in [5.41, 5.74) is 1.13. The van der Waals surface area contributed by atoms with Crippen LogP contribution in [-0.4, -0.2) is 14.3 Å². The smallest absolute Gasteiger partial charge is 0.261 e. The van der Waals surface area contributed by atoms with Crippen LogP contribution in [0.25, 0.3) is 0 Å². The van der Waals surface area contributed by atoms with Crippen LogP contribution in [-0.2, 0) is 13.8 Å². The fourth-order valence-corrected chi connectivity index (χ4v) is 3.37. The van der Waals surface area contributed by atoms with Gasteiger partial charge in [0.25, 0.3) is 9.05 Å². The van der Waals surface area contributed by atoms with Gasteiger partial charge in [0, 0.05) is 22.8 Å². The Morgan fingerprint density at radius 3 is 2.58 bits per heavy atom. The molecule has 1 saturated carbocycles. The van der Waals surface area contributed by atoms with E-state index in [0.29, 0.717) is 23.6 Å². The van der Waals surface area contributed by atoms with Crippen molar-refractivity contribution in [1.82, 2.24) is 0 Å². The highest BCUT2D eigenvalue weighted by atomic mass is 35.7. The maximum atomic E-state index is 11.8. The molecule has 0 atom stereocenters. The van der Waals surface area contributed by atoms with Gasteiger partial charge in [-0.15, -0.1) is 0 Å². The number of carbonyl (C=O) groups excluding carboxylic acids is 1. The Morgan fingerprint density at radius 2 is 2.11 bits per heavy atom. The van der Waals surface area contributed by atoms with Gasteiger partial charge in [-0.1, -0.05) is 6.42 Å². The van der Waals surface area contributed by atoms with Gasteiger partial charge >= 0.3 is 0 Å². The summed E-state index contributed by atoms with van der Waals surface area (Å²) in [6, 6.07) is 4.59. The standard InChI is InChI=1S/C13H16ClNO3S/c1-9-7-11(5-6-12(9)19(14,17)18)15-13(16)8-10-3-2-4-10/h5-7,10H,2-4,8H2,1H3,(H,15,16). The Hall–Kier alpha value is -1.07. The topological polar surface area (TPSA) is 63.2 Å². The predicted molar refractivity (Wildman–Crippen MR) is 74.8 cm³/mol. The molecule has 2 rings (SSSR count). The van der Waals surface area contributed by atoms with E-state index in [4.69, 9.17) is 10.7 Å². The lowest BCUT2D eigenvalue weighted by Gasteiger charge is -2.24. The van der Waals surface area contributed by atoms with Crippen LogP contribution in [0, 0.1) is 12.8 Å². The fourth-order valence-electron chi connectivity index (χ4n) is 2.17. The molecule has 1 aliphatic rings. The number of benzene rings is 1. The van der Waals surface area contributed by atoms with E-state index in [2.05, 4.69) is 5.32 Å². The van der Waals surface area contributed by atoms with Gasteiger partial charge in [0.05, 0.1) is 4.90 Å². The molecule has 0 spiro atoms. The van der Waals surface area contributed by atoms with E-state index in [0.717, 1.165) is 12.8 Å². The van der Waals surface area contributed by atoms with E-state index < -0.39 is 9.05 Å². The number of nitrogens with one attached hydrogen (secondary N) is 1. The lowest BCUT2D eigenvalue weighted by molar-refractivity contribution is -0.117. The molecule has 1 N–H and O–H groups in total. The first-order chi connectivity index (χ1) is 8.86. The SMILES string of the molecule is Cc1cc(NC(=O)CC2CCC2)ccc1S(=O)(=O)Cl. The van der Waals surface area contributed by atoms with Gasteiger partial charge < -0.3 is 5.32 Å². The van der Waals surface area contributed by atoms with Crippen molar-refractivity contribution in [3.05, 3.63) is 23.8 Å². The van der Waals surface area contributed by atoms with E-state index in [1.165, 1.54) is 12.5 Å². The number of halogens is 1. The van der Waals surface area contributed by atoms with E-state index >= 15 is 0 Å². The van der Waals surface area contributed by atoms with Crippen molar-refractivity contribution in [2.45, 2.75) is 37.5 Å². The monoisotopic (exact) mass is 301 g/mol. The first kappa shape index (κ1) is 14.3. The number of amides is 1. The maximum absolute atomic E-state index is 11.8. The van der Waals surface area contributed by atoms with Gasteiger partial charge in [0.1, 0.15) is 0 Å². The molecule has 0 aliphatic heterocycles. The molecule has 0 unspecified atom stereocenters. The Balaban J connectivity index is 2.05. The number of hydrogen-bond acceptors (Lipinski definition) is 3. The Kier molecular flexibility index (Phi) is 4.16. The van der Waals surface area contributed by atoms with Crippen molar-refractivity contribution < 1.29 is 13.2 Å². The number of aryl methyl sites for hydroxylation is 1. The average Bonchev–Trinajstić information content (AvgIpc) is 2.21. The molecule has 6 heteroatoms. The van der Waals surface area contributed by atoms with Gasteiger partial charge in [-0.25, -0.2) is 8.42 Å². The third-order valence-electron chi connectivity index (χ3n) is 3.42. The summed E-state index contributed by atoms with van der Waals surface area (Å²) in [5.74, 6) is 0.481. The maximum Gasteiger partial charge on any atom is 0.261 e. The average molecular weight is 302 g/mol. The number of rotatable bonds is 4. The largest absolute Gasteiger partial charge is 0.326 e. The molecule has 1 fully saturated rings. The Morgan fingerprint density at radius 1 is 1.42 bits per heavy atom. The zero-order chi connectivity index (χ0) is 14.0. The second-order valence-electron chi connectivity index (χ2n) is 4.97. The molecule has 19 heavy (non-hydrogen) atoms. The lowest BCUT2D eigenvalue weighted by Crippen LogP contribution is -2.20. The number of anilines is 1. The lowest BCUT2D eigenvalue weighted by atomic mass is 9.83. The highest BCUT2D eigenvalue weighted by molar-refractivity contribution is 8.13. The van der Waals surface area contributed by atoms with Gasteiger partial charge in [-0.2, -0.15) is 0 Å². The molecule has 0 heterocycles. The summed E-state index contributed by atoms with van der Waals surface area (Å²) >= 11 is 0. The minimum atomic E-state index is -3.73. The molecule has 104 valence electrons. The van der Waals surface area contributed by atoms with Crippen molar-refractivity contribution in [3.8, 4) is 0 Å². The Labute approximate surface area is 117 Å². The van der Waals surface area contributed by atoms with Crippen molar-refractivity contribution in [3.63, 3.8) is 0 Å². The van der Waals surface area contributed by atoms with E-state index in [1.807, 2.05) is 0 Å². The van der Waals surface area contributed by atoms with E-state index in [1.54, 1.807) is 19.1 Å². The molecule has 1 aromatic rings. The van der Waals surface area contributed by atoms with Crippen LogP contribution in [0.1, 0.15) is 31.2 Å². The van der Waals surface area contributed by atoms with Gasteiger partial charge in [-0.05, 0) is 49.4 Å². The summed E-state index contributed by atoms with van der Waals surface area (Å²) in [4.78, 5) is 11.8. The molecule has 4 nitrogen and oxygen atoms in total. The second kappa shape index (κ2) is 5.51. The Bertz CT molecular complexity index is 594. The molecule has 1 aromatic carbocycles. The first-order valence-corrected chi connectivity index (χ1v) is 8.52. The van der Waals surface area contributed by atoms with Crippen molar-refractivity contribution in [1.29, 1.82) is 0 Å². The molecule has 0 aromatic heterocycles. The molecule has 0 saturated heterocycles. The normalized spacial score (nSPS) is 15.9. The molecule has 1 aliphatic carbocycles. The van der Waals surface area contributed by atoms with Gasteiger partial charge in [0.2, 0.25) is 5.91 Å². The summed E-state index contributed by atoms with van der Waals surface area (Å²) in [5, 5.41) is 2.78. The third-order valence-corrected chi connectivity index (χ3v) is 4.90. The van der Waals surface area contributed by atoms with Gasteiger partial charge in [0.15, 0.2) is 0 Å². The fraction of sp³-hybridized carbons (Fsp3) is 0.462. The molecular weight excluding hydrogens is 286 g/mol. The van der Waals surface area contributed by atoms with Crippen LogP contribution in [0.15, 0.2) is 23.1 Å². The highest BCUT2D eigenvalue weighted by Crippen LogP contribution is 2.30. The highest BCUT2D eigenvalue weighted by Gasteiger charge is 2.21. The number of carbonyl (C=O) groups is 1. The quantitative estimate of drug-likeness (QED) is 0.869. The summed E-state index contributed by atoms with van der Waals surface area (Å²) in [7, 11) is 1.57. The summed E-state index contributed by atoms with van der Waals surface area (Å²) < 4.78 is 22.5. The van der Waals surface area contributed by atoms with E-state index in [-0.39, 0.29) is 10.8 Å². The van der Waals surface area contributed by atoms with Crippen molar-refractivity contribution >= 4 is 31.3 Å². The van der Waals surface area contributed by atoms with Crippen LogP contribution >= 0.6 is 10.7 Å².